The van der Waals surface area contributed by atoms with Crippen LogP contribution in [0.2, 0.25) is 0 Å². The second-order valence-corrected chi connectivity index (χ2v) is 6.18. The molecule has 0 bridgehead atoms. The van der Waals surface area contributed by atoms with Gasteiger partial charge in [-0.1, -0.05) is 30.3 Å². The fourth-order valence-electron chi connectivity index (χ4n) is 3.20. The lowest BCUT2D eigenvalue weighted by Gasteiger charge is -2.36. The average Bonchev–Trinajstić information content (AvgIpc) is 2.67. The molecule has 3 aromatic rings. The Balaban J connectivity index is 1.47. The molecule has 5 heteroatoms. The minimum Gasteiger partial charge on any atom is -0.368 e. The Morgan fingerprint density at radius 1 is 0.920 bits per heavy atom. The summed E-state index contributed by atoms with van der Waals surface area (Å²) in [5.41, 5.74) is 1.33. The predicted octanol–water partition coefficient (Wildman–Crippen LogP) is 3.34. The van der Waals surface area contributed by atoms with Gasteiger partial charge in [-0.05, 0) is 29.7 Å². The molecule has 0 radical (unpaired) electrons. The number of hydrogen-bond acceptors (Lipinski definition) is 3. The maximum absolute atomic E-state index is 13.4. The lowest BCUT2D eigenvalue weighted by Crippen LogP contribution is -2.49. The van der Waals surface area contributed by atoms with E-state index in [-0.39, 0.29) is 11.7 Å². The van der Waals surface area contributed by atoms with Crippen molar-refractivity contribution in [3.8, 4) is 0 Å². The number of fused-ring (bicyclic) bond motifs is 1. The van der Waals surface area contributed by atoms with E-state index in [1.165, 1.54) is 12.1 Å². The molecule has 0 N–H and O–H groups in total. The minimum atomic E-state index is -0.239. The first-order valence-electron chi connectivity index (χ1n) is 8.35. The molecule has 25 heavy (non-hydrogen) atoms. The lowest BCUT2D eigenvalue weighted by atomic mass is 10.1. The third kappa shape index (κ3) is 3.18. The Kier molecular flexibility index (Phi) is 4.06. The SMILES string of the molecule is O=C(c1cc2ccccc2cn1)N1CCN(c2cccc(F)c2)CC1. The summed E-state index contributed by atoms with van der Waals surface area (Å²) in [6.07, 6.45) is 1.74. The molecule has 1 saturated heterocycles. The van der Waals surface area contributed by atoms with Crippen molar-refractivity contribution in [3.63, 3.8) is 0 Å². The van der Waals surface area contributed by atoms with Crippen molar-refractivity contribution in [2.45, 2.75) is 0 Å². The van der Waals surface area contributed by atoms with Crippen LogP contribution in [0.3, 0.4) is 0 Å². The molecule has 126 valence electrons. The molecule has 1 amide bonds. The molecule has 1 fully saturated rings. The highest BCUT2D eigenvalue weighted by atomic mass is 19.1. The van der Waals surface area contributed by atoms with E-state index >= 15 is 0 Å². The van der Waals surface area contributed by atoms with Gasteiger partial charge in [-0.3, -0.25) is 9.78 Å². The van der Waals surface area contributed by atoms with Gasteiger partial charge < -0.3 is 9.80 Å². The molecule has 0 saturated carbocycles. The Labute approximate surface area is 145 Å². The van der Waals surface area contributed by atoms with E-state index in [9.17, 15) is 9.18 Å². The Bertz CT molecular complexity index is 919. The molecule has 0 spiro atoms. The van der Waals surface area contributed by atoms with Gasteiger partial charge >= 0.3 is 0 Å². The van der Waals surface area contributed by atoms with E-state index in [0.717, 1.165) is 16.5 Å². The van der Waals surface area contributed by atoms with Crippen molar-refractivity contribution in [2.24, 2.45) is 0 Å². The van der Waals surface area contributed by atoms with Crippen molar-refractivity contribution in [3.05, 3.63) is 72.3 Å². The van der Waals surface area contributed by atoms with E-state index in [0.29, 0.717) is 31.9 Å². The number of piperazine rings is 1. The van der Waals surface area contributed by atoms with Gasteiger partial charge in [0.25, 0.3) is 5.91 Å². The van der Waals surface area contributed by atoms with Crippen molar-refractivity contribution in [2.75, 3.05) is 31.1 Å². The molecule has 4 nitrogen and oxygen atoms in total. The summed E-state index contributed by atoms with van der Waals surface area (Å²) >= 11 is 0. The topological polar surface area (TPSA) is 36.4 Å². The fourth-order valence-corrected chi connectivity index (χ4v) is 3.20. The highest BCUT2D eigenvalue weighted by molar-refractivity contribution is 5.96. The highest BCUT2D eigenvalue weighted by Crippen LogP contribution is 2.19. The summed E-state index contributed by atoms with van der Waals surface area (Å²) < 4.78 is 13.4. The van der Waals surface area contributed by atoms with Crippen LogP contribution in [0.5, 0.6) is 0 Å². The largest absolute Gasteiger partial charge is 0.368 e. The van der Waals surface area contributed by atoms with Crippen molar-refractivity contribution < 1.29 is 9.18 Å². The van der Waals surface area contributed by atoms with Gasteiger partial charge in [0.2, 0.25) is 0 Å². The van der Waals surface area contributed by atoms with Crippen LogP contribution >= 0.6 is 0 Å². The van der Waals surface area contributed by atoms with Crippen LogP contribution in [0.1, 0.15) is 10.5 Å². The standard InChI is InChI=1S/C20H18FN3O/c21-17-6-3-7-18(13-17)23-8-10-24(11-9-23)20(25)19-12-15-4-1-2-5-16(15)14-22-19/h1-7,12-14H,8-11H2. The third-order valence-electron chi connectivity index (χ3n) is 4.59. The zero-order valence-electron chi connectivity index (χ0n) is 13.7. The van der Waals surface area contributed by atoms with Gasteiger partial charge in [-0.25, -0.2) is 4.39 Å². The number of carbonyl (C=O) groups is 1. The number of amides is 1. The molecule has 1 aromatic heterocycles. The van der Waals surface area contributed by atoms with Crippen LogP contribution in [0.4, 0.5) is 10.1 Å². The first kappa shape index (κ1) is 15.6. The monoisotopic (exact) mass is 335 g/mol. The van der Waals surface area contributed by atoms with Gasteiger partial charge in [0.15, 0.2) is 0 Å². The van der Waals surface area contributed by atoms with Crippen molar-refractivity contribution in [1.29, 1.82) is 0 Å². The second kappa shape index (κ2) is 6.51. The van der Waals surface area contributed by atoms with Crippen molar-refractivity contribution in [1.82, 2.24) is 9.88 Å². The third-order valence-corrected chi connectivity index (χ3v) is 4.59. The number of nitrogens with zero attached hydrogens (tertiary/aromatic N) is 3. The summed E-state index contributed by atoms with van der Waals surface area (Å²) in [5, 5.41) is 2.04. The Morgan fingerprint density at radius 3 is 2.44 bits per heavy atom. The van der Waals surface area contributed by atoms with E-state index in [1.54, 1.807) is 12.3 Å². The van der Waals surface area contributed by atoms with E-state index in [4.69, 9.17) is 0 Å². The van der Waals surface area contributed by atoms with Gasteiger partial charge in [0.1, 0.15) is 11.5 Å². The number of carbonyl (C=O) groups excluding carboxylic acids is 1. The normalized spacial score (nSPS) is 14.8. The number of hydrogen-bond donors (Lipinski definition) is 0. The van der Waals surface area contributed by atoms with Crippen LogP contribution in [-0.2, 0) is 0 Å². The number of rotatable bonds is 2. The van der Waals surface area contributed by atoms with E-state index in [1.807, 2.05) is 41.3 Å². The minimum absolute atomic E-state index is 0.0513. The molecule has 0 atom stereocenters. The number of pyridine rings is 1. The molecule has 2 aromatic carbocycles. The summed E-state index contributed by atoms with van der Waals surface area (Å²) in [6, 6.07) is 16.3. The van der Waals surface area contributed by atoms with Gasteiger partial charge in [0, 0.05) is 43.4 Å². The summed E-state index contributed by atoms with van der Waals surface area (Å²) in [5.74, 6) is -0.291. The van der Waals surface area contributed by atoms with Crippen LogP contribution in [-0.4, -0.2) is 42.0 Å². The smallest absolute Gasteiger partial charge is 0.272 e. The summed E-state index contributed by atoms with van der Waals surface area (Å²) in [7, 11) is 0. The van der Waals surface area contributed by atoms with Gasteiger partial charge in [-0.2, -0.15) is 0 Å². The zero-order chi connectivity index (χ0) is 17.2. The molecule has 0 aliphatic carbocycles. The maximum atomic E-state index is 13.4. The van der Waals surface area contributed by atoms with Crippen LogP contribution in [0.15, 0.2) is 60.8 Å². The number of anilines is 1. The summed E-state index contributed by atoms with van der Waals surface area (Å²) in [4.78, 5) is 21.0. The molecule has 1 aliphatic heterocycles. The fraction of sp³-hybridized carbons (Fsp3) is 0.200. The van der Waals surface area contributed by atoms with Gasteiger partial charge in [-0.15, -0.1) is 0 Å². The molecular weight excluding hydrogens is 317 g/mol. The summed E-state index contributed by atoms with van der Waals surface area (Å²) in [6.45, 7) is 2.57. The van der Waals surface area contributed by atoms with E-state index < -0.39 is 0 Å². The Morgan fingerprint density at radius 2 is 1.68 bits per heavy atom. The highest BCUT2D eigenvalue weighted by Gasteiger charge is 2.23. The first-order chi connectivity index (χ1) is 12.2. The number of aromatic nitrogens is 1. The molecule has 2 heterocycles. The first-order valence-corrected chi connectivity index (χ1v) is 8.35. The maximum Gasteiger partial charge on any atom is 0.272 e. The van der Waals surface area contributed by atoms with Crippen LogP contribution in [0, 0.1) is 5.82 Å². The number of halogens is 1. The molecular formula is C20H18FN3O. The zero-order valence-corrected chi connectivity index (χ0v) is 13.7. The molecule has 0 unspecified atom stereocenters. The lowest BCUT2D eigenvalue weighted by molar-refractivity contribution is 0.0741. The second-order valence-electron chi connectivity index (χ2n) is 6.18. The van der Waals surface area contributed by atoms with E-state index in [2.05, 4.69) is 9.88 Å². The average molecular weight is 335 g/mol. The predicted molar refractivity (Wildman–Crippen MR) is 96.3 cm³/mol. The van der Waals surface area contributed by atoms with Gasteiger partial charge in [0.05, 0.1) is 0 Å². The quantitative estimate of drug-likeness (QED) is 0.721. The molecule has 4 rings (SSSR count). The van der Waals surface area contributed by atoms with Crippen molar-refractivity contribution >= 4 is 22.4 Å². The number of benzene rings is 2. The van der Waals surface area contributed by atoms with Crippen LogP contribution in [0.25, 0.3) is 10.8 Å². The molecule has 1 aliphatic rings. The Hall–Kier alpha value is -2.95. The van der Waals surface area contributed by atoms with Crippen LogP contribution < -0.4 is 4.90 Å².